The Morgan fingerprint density at radius 1 is 0.902 bits per heavy atom. The molecule has 1 aromatic rings. The van der Waals surface area contributed by atoms with Crippen LogP contribution in [0.1, 0.15) is 149 Å². The lowest BCUT2D eigenvalue weighted by Gasteiger charge is -2.33. The summed E-state index contributed by atoms with van der Waals surface area (Å²) in [5, 5.41) is 0. The van der Waals surface area contributed by atoms with Crippen molar-refractivity contribution in [2.75, 3.05) is 46.1 Å². The second-order valence-electron chi connectivity index (χ2n) is 13.4. The molecule has 3 atom stereocenters. The molecule has 14 heteroatoms. The predicted molar refractivity (Wildman–Crippen MR) is 204 cm³/mol. The van der Waals surface area contributed by atoms with E-state index in [1.54, 1.807) is 0 Å². The second kappa shape index (κ2) is 27.2. The van der Waals surface area contributed by atoms with Crippen LogP contribution in [-0.4, -0.2) is 72.0 Å². The molecule has 2 heterocycles. The van der Waals surface area contributed by atoms with E-state index in [9.17, 15) is 18.8 Å². The van der Waals surface area contributed by atoms with Gasteiger partial charge in [-0.05, 0) is 31.1 Å². The fourth-order valence-corrected chi connectivity index (χ4v) is 9.14. The van der Waals surface area contributed by atoms with E-state index in [2.05, 4.69) is 6.92 Å². The molecule has 1 aromatic heterocycles. The molecular formula is C37H67FN3O8PS. The first kappa shape index (κ1) is 45.7. The Balaban J connectivity index is 1.73. The van der Waals surface area contributed by atoms with Gasteiger partial charge < -0.3 is 23.3 Å². The van der Waals surface area contributed by atoms with Crippen molar-refractivity contribution in [2.45, 2.75) is 162 Å². The Morgan fingerprint density at radius 2 is 1.47 bits per heavy atom. The Morgan fingerprint density at radius 3 is 1.98 bits per heavy atom. The molecule has 0 saturated carbocycles. The molecule has 1 aliphatic rings. The van der Waals surface area contributed by atoms with E-state index in [0.717, 1.165) is 34.6 Å². The number of hydrogen-bond acceptors (Lipinski definition) is 9. The quantitative estimate of drug-likeness (QED) is 0.0417. The van der Waals surface area contributed by atoms with Gasteiger partial charge in [0, 0.05) is 33.2 Å². The first-order valence-corrected chi connectivity index (χ1v) is 22.3. The van der Waals surface area contributed by atoms with Crippen LogP contribution in [-0.2, 0) is 46.4 Å². The Bertz CT molecular complexity index is 1260. The highest BCUT2D eigenvalue weighted by atomic mass is 32.5. The maximum atomic E-state index is 14.5. The number of nitrogens with zero attached hydrogens (tertiary/aromatic N) is 3. The van der Waals surface area contributed by atoms with Crippen LogP contribution in [0.5, 0.6) is 0 Å². The van der Waals surface area contributed by atoms with E-state index in [-0.39, 0.29) is 26.4 Å². The van der Waals surface area contributed by atoms with Gasteiger partial charge in [0.1, 0.15) is 12.3 Å². The summed E-state index contributed by atoms with van der Waals surface area (Å²) in [7, 11) is 0. The molecule has 1 saturated heterocycles. The third-order valence-corrected chi connectivity index (χ3v) is 12.8. The fraction of sp³-hybridized carbons (Fsp3) is 0.865. The van der Waals surface area contributed by atoms with Gasteiger partial charge in [-0.1, -0.05) is 117 Å². The van der Waals surface area contributed by atoms with Crippen LogP contribution in [0.15, 0.2) is 15.8 Å². The second-order valence-corrected chi connectivity index (χ2v) is 16.8. The molecule has 0 bridgehead atoms. The smallest absolute Gasteiger partial charge is 0.333 e. The number of hydrogen-bond donors (Lipinski definition) is 0. The summed E-state index contributed by atoms with van der Waals surface area (Å²) in [5.74, 6) is -1.51. The fourth-order valence-electron chi connectivity index (χ4n) is 6.28. The van der Waals surface area contributed by atoms with Crippen LogP contribution in [0.3, 0.4) is 0 Å². The van der Waals surface area contributed by atoms with Gasteiger partial charge in [0.15, 0.2) is 0 Å². The Hall–Kier alpha value is -1.47. The number of halogens is 1. The highest BCUT2D eigenvalue weighted by molar-refractivity contribution is 8.08. The molecule has 0 amide bonds. The van der Waals surface area contributed by atoms with Crippen LogP contribution in [0, 0.1) is 5.82 Å². The standard InChI is InChI=1S/C37H67FN3O8PS/c1-5-8-9-10-11-12-13-14-15-16-17-18-19-20-21-22-26-45-30-33(49-32(4)42)31-48-50(51,39(6-2)7-3)47-28-25-40-36(43)34(38)29-41(37(40)44)35-24-23-27-46-35/h29,33,35H,5-28,30-31H2,1-4H3. The van der Waals surface area contributed by atoms with Crippen molar-refractivity contribution >= 4 is 24.4 Å². The lowest BCUT2D eigenvalue weighted by atomic mass is 10.0. The zero-order chi connectivity index (χ0) is 37.3. The van der Waals surface area contributed by atoms with Gasteiger partial charge >= 0.3 is 11.7 Å². The lowest BCUT2D eigenvalue weighted by molar-refractivity contribution is -0.151. The molecule has 51 heavy (non-hydrogen) atoms. The summed E-state index contributed by atoms with van der Waals surface area (Å²) < 4.78 is 47.4. The minimum atomic E-state index is -3.14. The maximum Gasteiger partial charge on any atom is 0.333 e. The van der Waals surface area contributed by atoms with Crippen LogP contribution in [0.25, 0.3) is 0 Å². The van der Waals surface area contributed by atoms with E-state index < -0.39 is 42.0 Å². The summed E-state index contributed by atoms with van der Waals surface area (Å²) in [6.45, 7) is 6.09. The molecular weight excluding hydrogens is 696 g/mol. The molecule has 0 aromatic carbocycles. The topological polar surface area (TPSA) is 110 Å². The first-order valence-electron chi connectivity index (χ1n) is 19.7. The third kappa shape index (κ3) is 17.9. The van der Waals surface area contributed by atoms with Crippen molar-refractivity contribution in [1.29, 1.82) is 0 Å². The van der Waals surface area contributed by atoms with E-state index in [4.69, 9.17) is 35.1 Å². The highest BCUT2D eigenvalue weighted by Gasteiger charge is 2.29. The van der Waals surface area contributed by atoms with Crippen LogP contribution in [0.2, 0.25) is 0 Å². The van der Waals surface area contributed by atoms with Gasteiger partial charge in [0.2, 0.25) is 5.82 Å². The first-order chi connectivity index (χ1) is 24.7. The normalized spacial score (nSPS) is 16.5. The van der Waals surface area contributed by atoms with Crippen molar-refractivity contribution in [2.24, 2.45) is 0 Å². The molecule has 0 radical (unpaired) electrons. The summed E-state index contributed by atoms with van der Waals surface area (Å²) in [6.07, 6.45) is 21.7. The predicted octanol–water partition coefficient (Wildman–Crippen LogP) is 8.27. The van der Waals surface area contributed by atoms with Gasteiger partial charge in [0.25, 0.3) is 12.2 Å². The molecule has 0 N–H and O–H groups in total. The number of ether oxygens (including phenoxy) is 3. The maximum absolute atomic E-state index is 14.5. The van der Waals surface area contributed by atoms with Crippen LogP contribution < -0.4 is 11.2 Å². The lowest BCUT2D eigenvalue weighted by Crippen LogP contribution is -2.43. The molecule has 1 aliphatic heterocycles. The zero-order valence-electron chi connectivity index (χ0n) is 32.0. The van der Waals surface area contributed by atoms with Gasteiger partial charge in [0.05, 0.1) is 32.6 Å². The minimum Gasteiger partial charge on any atom is -0.458 e. The van der Waals surface area contributed by atoms with Crippen LogP contribution in [0.4, 0.5) is 4.39 Å². The number of esters is 1. The molecule has 3 unspecified atom stereocenters. The Labute approximate surface area is 311 Å². The zero-order valence-corrected chi connectivity index (χ0v) is 33.7. The number of unbranched alkanes of at least 4 members (excludes halogenated alkanes) is 15. The SMILES string of the molecule is CCCCCCCCCCCCCCCCCCOCC(COP(=S)(OCCn1c(=O)c(F)cn(C2CCCO2)c1=O)N(CC)CC)OC(C)=O. The van der Waals surface area contributed by atoms with Gasteiger partial charge in [-0.2, -0.15) is 4.39 Å². The molecule has 0 spiro atoms. The van der Waals surface area contributed by atoms with Gasteiger partial charge in [-0.3, -0.25) is 18.7 Å². The van der Waals surface area contributed by atoms with E-state index in [0.29, 0.717) is 32.7 Å². The van der Waals surface area contributed by atoms with E-state index in [1.165, 1.54) is 96.8 Å². The molecule has 0 aliphatic carbocycles. The highest BCUT2D eigenvalue weighted by Crippen LogP contribution is 2.52. The van der Waals surface area contributed by atoms with Gasteiger partial charge in [-0.25, -0.2) is 9.46 Å². The summed E-state index contributed by atoms with van der Waals surface area (Å²) in [6, 6.07) is 0. The summed E-state index contributed by atoms with van der Waals surface area (Å²) >= 11 is 5.88. The largest absolute Gasteiger partial charge is 0.458 e. The minimum absolute atomic E-state index is 0.0436. The van der Waals surface area contributed by atoms with E-state index in [1.807, 2.05) is 18.5 Å². The van der Waals surface area contributed by atoms with Crippen molar-refractivity contribution in [3.05, 3.63) is 32.9 Å². The van der Waals surface area contributed by atoms with Crippen molar-refractivity contribution in [3.63, 3.8) is 0 Å². The number of carbonyl (C=O) groups excluding carboxylic acids is 1. The number of carbonyl (C=O) groups is 1. The van der Waals surface area contributed by atoms with Crippen molar-refractivity contribution in [3.8, 4) is 0 Å². The summed E-state index contributed by atoms with van der Waals surface area (Å²) in [4.78, 5) is 37.5. The van der Waals surface area contributed by atoms with Crippen molar-refractivity contribution < 1.29 is 32.4 Å². The molecule has 11 nitrogen and oxygen atoms in total. The monoisotopic (exact) mass is 763 g/mol. The van der Waals surface area contributed by atoms with Crippen molar-refractivity contribution in [1.82, 2.24) is 13.8 Å². The Kier molecular flexibility index (Phi) is 24.3. The third-order valence-electron chi connectivity index (χ3n) is 9.22. The summed E-state index contributed by atoms with van der Waals surface area (Å²) in [5.41, 5.74) is -1.71. The van der Waals surface area contributed by atoms with Gasteiger partial charge in [-0.15, -0.1) is 0 Å². The average Bonchev–Trinajstić information content (AvgIpc) is 3.65. The average molecular weight is 764 g/mol. The molecule has 1 fully saturated rings. The molecule has 2 rings (SSSR count). The number of aromatic nitrogens is 2. The van der Waals surface area contributed by atoms with E-state index >= 15 is 0 Å². The van der Waals surface area contributed by atoms with Crippen LogP contribution >= 0.6 is 6.64 Å². The number of rotatable bonds is 31. The molecule has 296 valence electrons.